The van der Waals surface area contributed by atoms with E-state index in [1.54, 1.807) is 24.3 Å². The Morgan fingerprint density at radius 3 is 2.45 bits per heavy atom. The van der Waals surface area contributed by atoms with Gasteiger partial charge in [0.2, 0.25) is 5.91 Å². The van der Waals surface area contributed by atoms with Crippen LogP contribution in [0.25, 0.3) is 0 Å². The van der Waals surface area contributed by atoms with Crippen LogP contribution in [-0.4, -0.2) is 33.4 Å². The van der Waals surface area contributed by atoms with Crippen molar-refractivity contribution in [3.8, 4) is 0 Å². The summed E-state index contributed by atoms with van der Waals surface area (Å²) in [7, 11) is 0. The molecule has 2 aromatic carbocycles. The summed E-state index contributed by atoms with van der Waals surface area (Å²) in [4.78, 5) is 43.4. The lowest BCUT2D eigenvalue weighted by Gasteiger charge is -2.20. The van der Waals surface area contributed by atoms with Gasteiger partial charge in [-0.25, -0.2) is 9.78 Å². The number of nitrogens with zero attached hydrogens (tertiary/aromatic N) is 2. The van der Waals surface area contributed by atoms with Crippen molar-refractivity contribution in [1.82, 2.24) is 20.2 Å². The topological polar surface area (TPSA) is 138 Å². The van der Waals surface area contributed by atoms with Crippen LogP contribution in [0.15, 0.2) is 59.4 Å². The Morgan fingerprint density at radius 1 is 1.07 bits per heavy atom. The minimum atomic E-state index is -0.717. The maximum Gasteiger partial charge on any atom is 0.413 e. The molecule has 220 valence electrons. The minimum absolute atomic E-state index is 0.0969. The van der Waals surface area contributed by atoms with Crippen molar-refractivity contribution in [2.45, 2.75) is 76.6 Å². The van der Waals surface area contributed by atoms with Gasteiger partial charge < -0.3 is 15.4 Å². The standard InChI is InChI=1S/C31H35ClN6O4/c1-31(2)16-23(38-24(31)25(32)36-27(29(38)40)35-22-10-6-7-11-22)28(39)34-17-19-12-14-21(15-13-19)26(33)37-30(41)42-18-20-8-4-3-5-9-20/h3-5,8-9,12-15,22-23H,6-7,10-11,16-18H2,1-2H3,(H,34,39)(H,35,36)(H2,33,37,41)/t23-/m0/s1. The predicted octanol–water partition coefficient (Wildman–Crippen LogP) is 5.04. The Bertz CT molecular complexity index is 1530. The summed E-state index contributed by atoms with van der Waals surface area (Å²) in [5.41, 5.74) is 1.88. The summed E-state index contributed by atoms with van der Waals surface area (Å²) >= 11 is 6.58. The monoisotopic (exact) mass is 590 g/mol. The largest absolute Gasteiger partial charge is 0.444 e. The number of alkyl carbamates (subject to hydrolysis) is 1. The molecule has 2 amide bonds. The lowest BCUT2D eigenvalue weighted by molar-refractivity contribution is -0.124. The number of rotatable bonds is 8. The van der Waals surface area contributed by atoms with Gasteiger partial charge in [-0.1, -0.05) is 92.9 Å². The van der Waals surface area contributed by atoms with Crippen LogP contribution < -0.4 is 21.5 Å². The molecule has 3 aromatic rings. The number of hydrogen-bond donors (Lipinski definition) is 4. The highest BCUT2D eigenvalue weighted by Gasteiger charge is 2.44. The van der Waals surface area contributed by atoms with Crippen LogP contribution >= 0.6 is 11.6 Å². The van der Waals surface area contributed by atoms with Gasteiger partial charge in [0.1, 0.15) is 18.5 Å². The molecule has 1 saturated carbocycles. The molecule has 1 aliphatic heterocycles. The summed E-state index contributed by atoms with van der Waals surface area (Å²) < 4.78 is 6.68. The molecule has 2 aliphatic rings. The zero-order valence-corrected chi connectivity index (χ0v) is 24.5. The first-order valence-corrected chi connectivity index (χ1v) is 14.5. The van der Waals surface area contributed by atoms with Crippen molar-refractivity contribution in [3.05, 3.63) is 92.5 Å². The molecule has 4 N–H and O–H groups in total. The summed E-state index contributed by atoms with van der Waals surface area (Å²) in [5.74, 6) is -0.181. The SMILES string of the molecule is CC1(C)C[C@@H](C(=O)NCc2ccc(C(=N)NC(=O)OCc3ccccc3)cc2)n2c1c(Cl)nc(NC1CCCC1)c2=O. The second-order valence-electron chi connectivity index (χ2n) is 11.5. The first kappa shape index (κ1) is 29.3. The highest BCUT2D eigenvalue weighted by atomic mass is 35.5. The van der Waals surface area contributed by atoms with Crippen LogP contribution in [0.1, 0.15) is 74.4 Å². The molecular formula is C31H35ClN6O4. The number of benzene rings is 2. The van der Waals surface area contributed by atoms with E-state index in [9.17, 15) is 14.4 Å². The maximum atomic E-state index is 13.5. The highest BCUT2D eigenvalue weighted by Crippen LogP contribution is 2.43. The molecule has 5 rings (SSSR count). The first-order chi connectivity index (χ1) is 20.1. The Morgan fingerprint density at radius 2 is 1.76 bits per heavy atom. The fourth-order valence-electron chi connectivity index (χ4n) is 5.69. The van der Waals surface area contributed by atoms with Gasteiger partial charge in [-0.3, -0.25) is 24.9 Å². The van der Waals surface area contributed by atoms with Crippen molar-refractivity contribution < 1.29 is 14.3 Å². The van der Waals surface area contributed by atoms with Crippen LogP contribution in [0.3, 0.4) is 0 Å². The number of carbonyl (C=O) groups excluding carboxylic acids is 2. The van der Waals surface area contributed by atoms with Gasteiger partial charge in [0, 0.05) is 23.6 Å². The second-order valence-corrected chi connectivity index (χ2v) is 11.8. The summed E-state index contributed by atoms with van der Waals surface area (Å²) in [5, 5.41) is 17.1. The fourth-order valence-corrected chi connectivity index (χ4v) is 6.12. The zero-order valence-electron chi connectivity index (χ0n) is 23.7. The van der Waals surface area contributed by atoms with Gasteiger partial charge in [-0.2, -0.15) is 0 Å². The molecule has 11 heteroatoms. The summed E-state index contributed by atoms with van der Waals surface area (Å²) in [6.07, 6.45) is 3.87. The number of hydrogen-bond acceptors (Lipinski definition) is 7. The van der Waals surface area contributed by atoms with Crippen LogP contribution in [-0.2, 0) is 28.1 Å². The van der Waals surface area contributed by atoms with Gasteiger partial charge in [0.15, 0.2) is 11.0 Å². The molecule has 0 unspecified atom stereocenters. The molecule has 0 spiro atoms. The van der Waals surface area contributed by atoms with E-state index in [1.807, 2.05) is 44.2 Å². The van der Waals surface area contributed by atoms with E-state index in [0.717, 1.165) is 36.8 Å². The smallest absolute Gasteiger partial charge is 0.413 e. The van der Waals surface area contributed by atoms with E-state index in [2.05, 4.69) is 20.9 Å². The van der Waals surface area contributed by atoms with Crippen LogP contribution in [0.5, 0.6) is 0 Å². The van der Waals surface area contributed by atoms with Gasteiger partial charge in [0.05, 0.1) is 5.69 Å². The average molecular weight is 591 g/mol. The molecule has 0 saturated heterocycles. The zero-order chi connectivity index (χ0) is 29.9. The van der Waals surface area contributed by atoms with Crippen LogP contribution in [0.4, 0.5) is 10.6 Å². The quantitative estimate of drug-likeness (QED) is 0.214. The molecule has 1 aromatic heterocycles. The molecule has 0 bridgehead atoms. The van der Waals surface area contributed by atoms with Gasteiger partial charge in [-0.15, -0.1) is 0 Å². The van der Waals surface area contributed by atoms with Gasteiger partial charge in [-0.05, 0) is 30.4 Å². The van der Waals surface area contributed by atoms with Crippen LogP contribution in [0.2, 0.25) is 5.15 Å². The summed E-state index contributed by atoms with van der Waals surface area (Å²) in [6.45, 7) is 4.26. The van der Waals surface area contributed by atoms with Crippen LogP contribution in [0, 0.1) is 5.41 Å². The molecule has 10 nitrogen and oxygen atoms in total. The van der Waals surface area contributed by atoms with E-state index in [-0.39, 0.29) is 47.5 Å². The molecule has 2 heterocycles. The third-order valence-corrected chi connectivity index (χ3v) is 8.14. The second kappa shape index (κ2) is 12.4. The number of nitrogens with one attached hydrogen (secondary N) is 4. The number of ether oxygens (including phenoxy) is 1. The maximum absolute atomic E-state index is 13.5. The third kappa shape index (κ3) is 6.49. The van der Waals surface area contributed by atoms with Crippen molar-refractivity contribution >= 4 is 35.3 Å². The minimum Gasteiger partial charge on any atom is -0.444 e. The number of carbonyl (C=O) groups is 2. The lowest BCUT2D eigenvalue weighted by Crippen LogP contribution is -2.37. The molecule has 0 radical (unpaired) electrons. The Labute approximate surface area is 249 Å². The number of amidine groups is 1. The number of aromatic nitrogens is 2. The Kier molecular flexibility index (Phi) is 8.63. The van der Waals surface area contributed by atoms with Crippen molar-refractivity contribution in [2.24, 2.45) is 0 Å². The van der Waals surface area contributed by atoms with E-state index in [4.69, 9.17) is 21.7 Å². The van der Waals surface area contributed by atoms with E-state index >= 15 is 0 Å². The third-order valence-electron chi connectivity index (χ3n) is 7.87. The summed E-state index contributed by atoms with van der Waals surface area (Å²) in [6, 6.07) is 15.7. The highest BCUT2D eigenvalue weighted by molar-refractivity contribution is 6.30. The Balaban J connectivity index is 1.20. The van der Waals surface area contributed by atoms with Crippen molar-refractivity contribution in [3.63, 3.8) is 0 Å². The molecule has 42 heavy (non-hydrogen) atoms. The van der Waals surface area contributed by atoms with Crippen molar-refractivity contribution in [1.29, 1.82) is 5.41 Å². The molecule has 1 aliphatic carbocycles. The number of amides is 2. The number of anilines is 1. The normalized spacial score (nSPS) is 17.4. The van der Waals surface area contributed by atoms with E-state index in [1.165, 1.54) is 4.57 Å². The Hall–Kier alpha value is -4.18. The van der Waals surface area contributed by atoms with Gasteiger partial charge in [0.25, 0.3) is 5.56 Å². The molecule has 1 fully saturated rings. The average Bonchev–Trinajstić information content (AvgIpc) is 3.59. The predicted molar refractivity (Wildman–Crippen MR) is 161 cm³/mol. The number of fused-ring (bicyclic) bond motifs is 1. The first-order valence-electron chi connectivity index (χ1n) is 14.1. The fraction of sp³-hybridized carbons (Fsp3) is 0.387. The van der Waals surface area contributed by atoms with E-state index in [0.29, 0.717) is 17.7 Å². The molecule has 1 atom stereocenters. The molecular weight excluding hydrogens is 556 g/mol. The lowest BCUT2D eigenvalue weighted by atomic mass is 9.87. The number of halogens is 1. The van der Waals surface area contributed by atoms with E-state index < -0.39 is 17.6 Å². The van der Waals surface area contributed by atoms with Gasteiger partial charge >= 0.3 is 6.09 Å². The van der Waals surface area contributed by atoms with Crippen molar-refractivity contribution in [2.75, 3.05) is 5.32 Å².